The Morgan fingerprint density at radius 3 is 3.20 bits per heavy atom. The molecule has 4 aliphatic rings. The van der Waals surface area contributed by atoms with Gasteiger partial charge in [-0.1, -0.05) is 6.07 Å². The van der Waals surface area contributed by atoms with Crippen molar-refractivity contribution in [2.24, 2.45) is 5.92 Å². The lowest BCUT2D eigenvalue weighted by molar-refractivity contribution is -0.135. The highest BCUT2D eigenvalue weighted by molar-refractivity contribution is 5.89. The van der Waals surface area contributed by atoms with Gasteiger partial charge < -0.3 is 15.8 Å². The molecule has 1 spiro atoms. The largest absolute Gasteiger partial charge is 0.479 e. The second-order valence-corrected chi connectivity index (χ2v) is 6.68. The number of carbonyl (C=O) groups excluding carboxylic acids is 1. The molecule has 0 radical (unpaired) electrons. The second-order valence-electron chi connectivity index (χ2n) is 6.68. The van der Waals surface area contributed by atoms with E-state index in [1.807, 2.05) is 6.07 Å². The molecule has 20 heavy (non-hydrogen) atoms. The van der Waals surface area contributed by atoms with E-state index in [1.165, 1.54) is 11.1 Å². The van der Waals surface area contributed by atoms with Crippen LogP contribution in [0.1, 0.15) is 30.4 Å². The lowest BCUT2D eigenvalue weighted by Crippen LogP contribution is -2.65. The molecule has 4 atom stereocenters. The van der Waals surface area contributed by atoms with E-state index >= 15 is 0 Å². The minimum atomic E-state index is -0.287. The normalized spacial score (nSPS) is 40.2. The SMILES string of the molecule is Nc1ccc2c3c1OC1C(=O)CC[C@H]4[C@@H](C2)NCC[C@]314. The zero-order chi connectivity index (χ0) is 13.5. The Hall–Kier alpha value is -1.55. The van der Waals surface area contributed by atoms with Crippen LogP contribution in [0, 0.1) is 5.92 Å². The van der Waals surface area contributed by atoms with E-state index in [0.717, 1.165) is 31.6 Å². The molecular formula is C16H18N2O2. The van der Waals surface area contributed by atoms with E-state index in [4.69, 9.17) is 10.5 Å². The van der Waals surface area contributed by atoms with Gasteiger partial charge in [-0.3, -0.25) is 4.79 Å². The highest BCUT2D eigenvalue weighted by Gasteiger charge is 2.64. The molecule has 4 nitrogen and oxygen atoms in total. The highest BCUT2D eigenvalue weighted by atomic mass is 16.5. The lowest BCUT2D eigenvalue weighted by atomic mass is 9.52. The van der Waals surface area contributed by atoms with Gasteiger partial charge in [0.15, 0.2) is 11.9 Å². The quantitative estimate of drug-likeness (QED) is 0.695. The summed E-state index contributed by atoms with van der Waals surface area (Å²) in [5.41, 5.74) is 9.33. The highest BCUT2D eigenvalue weighted by Crippen LogP contribution is 2.61. The van der Waals surface area contributed by atoms with Crippen LogP contribution in [-0.4, -0.2) is 24.5 Å². The van der Waals surface area contributed by atoms with Gasteiger partial charge in [-0.25, -0.2) is 0 Å². The zero-order valence-electron chi connectivity index (χ0n) is 11.3. The van der Waals surface area contributed by atoms with Crippen LogP contribution in [0.15, 0.2) is 12.1 Å². The molecule has 1 aromatic rings. The number of ether oxygens (including phenoxy) is 1. The first kappa shape index (κ1) is 11.1. The van der Waals surface area contributed by atoms with Crippen molar-refractivity contribution in [3.63, 3.8) is 0 Å². The first-order valence-corrected chi connectivity index (χ1v) is 7.56. The van der Waals surface area contributed by atoms with Gasteiger partial charge in [0.1, 0.15) is 5.75 Å². The predicted octanol–water partition coefficient (Wildman–Crippen LogP) is 1.16. The molecule has 2 bridgehead atoms. The van der Waals surface area contributed by atoms with Crippen LogP contribution in [0.4, 0.5) is 5.69 Å². The third-order valence-corrected chi connectivity index (χ3v) is 5.97. The molecule has 3 N–H and O–H groups in total. The van der Waals surface area contributed by atoms with Crippen LogP contribution in [0.25, 0.3) is 0 Å². The van der Waals surface area contributed by atoms with Gasteiger partial charge in [0.2, 0.25) is 0 Å². The van der Waals surface area contributed by atoms with Crippen molar-refractivity contribution in [2.75, 3.05) is 12.3 Å². The number of nitrogens with one attached hydrogen (secondary N) is 1. The number of hydrogen-bond donors (Lipinski definition) is 2. The van der Waals surface area contributed by atoms with Gasteiger partial charge in [0.25, 0.3) is 0 Å². The number of carbonyl (C=O) groups is 1. The maximum absolute atomic E-state index is 12.4. The van der Waals surface area contributed by atoms with Crippen LogP contribution in [0.5, 0.6) is 5.75 Å². The summed E-state index contributed by atoms with van der Waals surface area (Å²) in [6, 6.07) is 4.56. The fourth-order valence-corrected chi connectivity index (χ4v) is 5.28. The van der Waals surface area contributed by atoms with Crippen LogP contribution in [0.2, 0.25) is 0 Å². The van der Waals surface area contributed by atoms with Crippen molar-refractivity contribution < 1.29 is 9.53 Å². The molecule has 2 aliphatic carbocycles. The average Bonchev–Trinajstić information content (AvgIpc) is 2.78. The number of Topliss-reactive ketones (excluding diaryl/α,β-unsaturated/α-hetero) is 1. The molecule has 0 aromatic heterocycles. The molecule has 0 amide bonds. The monoisotopic (exact) mass is 270 g/mol. The van der Waals surface area contributed by atoms with Gasteiger partial charge in [0, 0.05) is 23.4 Å². The van der Waals surface area contributed by atoms with Crippen molar-refractivity contribution >= 4 is 11.5 Å². The molecule has 4 heteroatoms. The van der Waals surface area contributed by atoms with Gasteiger partial charge in [-0.05, 0) is 43.4 Å². The fraction of sp³-hybridized carbons (Fsp3) is 0.562. The Kier molecular flexibility index (Phi) is 1.88. The van der Waals surface area contributed by atoms with Crippen molar-refractivity contribution in [2.45, 2.75) is 43.2 Å². The topological polar surface area (TPSA) is 64.3 Å². The van der Waals surface area contributed by atoms with E-state index in [-0.39, 0.29) is 17.3 Å². The summed E-state index contributed by atoms with van der Waals surface area (Å²) >= 11 is 0. The second kappa shape index (κ2) is 3.37. The Morgan fingerprint density at radius 2 is 2.30 bits per heavy atom. The number of ketones is 1. The maximum atomic E-state index is 12.4. The zero-order valence-corrected chi connectivity index (χ0v) is 11.3. The summed E-state index contributed by atoms with van der Waals surface area (Å²) in [6.07, 6.45) is 3.39. The van der Waals surface area contributed by atoms with Crippen LogP contribution in [0.3, 0.4) is 0 Å². The first-order chi connectivity index (χ1) is 9.72. The number of hydrogen-bond acceptors (Lipinski definition) is 4. The summed E-state index contributed by atoms with van der Waals surface area (Å²) < 4.78 is 6.12. The molecule has 104 valence electrons. The van der Waals surface area contributed by atoms with Crippen molar-refractivity contribution in [3.05, 3.63) is 23.3 Å². The number of nitrogens with two attached hydrogens (primary N) is 1. The van der Waals surface area contributed by atoms with E-state index in [2.05, 4.69) is 11.4 Å². The Morgan fingerprint density at radius 1 is 1.40 bits per heavy atom. The van der Waals surface area contributed by atoms with Crippen LogP contribution >= 0.6 is 0 Å². The molecular weight excluding hydrogens is 252 g/mol. The molecule has 1 aromatic carbocycles. The minimum Gasteiger partial charge on any atom is -0.479 e. The van der Waals surface area contributed by atoms with Crippen molar-refractivity contribution in [1.29, 1.82) is 0 Å². The predicted molar refractivity (Wildman–Crippen MR) is 74.8 cm³/mol. The minimum absolute atomic E-state index is 0.0937. The summed E-state index contributed by atoms with van der Waals surface area (Å²) in [7, 11) is 0. The standard InChI is InChI=1S/C16H18N2O2/c17-10-3-1-8-7-11-9-2-4-12(19)15-16(9,5-6-18-11)13(8)14(10)20-15/h1,3,9,11,15,18H,2,4-7,17H2/t9-,11+,15?,16-/m0/s1. The third-order valence-electron chi connectivity index (χ3n) is 5.97. The van der Waals surface area contributed by atoms with Crippen molar-refractivity contribution in [1.82, 2.24) is 5.32 Å². The van der Waals surface area contributed by atoms with Gasteiger partial charge in [-0.15, -0.1) is 0 Å². The Bertz CT molecular complexity index is 642. The maximum Gasteiger partial charge on any atom is 0.174 e. The van der Waals surface area contributed by atoms with Crippen LogP contribution in [-0.2, 0) is 16.6 Å². The summed E-state index contributed by atoms with van der Waals surface area (Å²) in [6.45, 7) is 0.974. The van der Waals surface area contributed by atoms with Gasteiger partial charge in [0.05, 0.1) is 5.69 Å². The first-order valence-electron chi connectivity index (χ1n) is 7.56. The lowest BCUT2D eigenvalue weighted by Gasteiger charge is -2.54. The number of anilines is 1. The fourth-order valence-electron chi connectivity index (χ4n) is 5.28. The average molecular weight is 270 g/mol. The molecule has 2 fully saturated rings. The van der Waals surface area contributed by atoms with Crippen LogP contribution < -0.4 is 15.8 Å². The molecule has 1 saturated carbocycles. The molecule has 2 heterocycles. The van der Waals surface area contributed by atoms with Gasteiger partial charge >= 0.3 is 0 Å². The number of piperidine rings is 1. The van der Waals surface area contributed by atoms with E-state index < -0.39 is 0 Å². The third kappa shape index (κ3) is 1.04. The van der Waals surface area contributed by atoms with E-state index in [0.29, 0.717) is 24.1 Å². The van der Waals surface area contributed by atoms with E-state index in [9.17, 15) is 4.79 Å². The summed E-state index contributed by atoms with van der Waals surface area (Å²) in [4.78, 5) is 12.4. The summed E-state index contributed by atoms with van der Waals surface area (Å²) in [5.74, 6) is 1.60. The van der Waals surface area contributed by atoms with Gasteiger partial charge in [-0.2, -0.15) is 0 Å². The van der Waals surface area contributed by atoms with E-state index in [1.54, 1.807) is 0 Å². The number of rotatable bonds is 0. The number of nitrogen functional groups attached to an aromatic ring is 1. The molecule has 5 rings (SSSR count). The summed E-state index contributed by atoms with van der Waals surface area (Å²) in [5, 5.41) is 3.66. The Balaban J connectivity index is 1.85. The number of benzene rings is 1. The van der Waals surface area contributed by atoms with Crippen molar-refractivity contribution in [3.8, 4) is 5.75 Å². The molecule has 1 unspecified atom stereocenters. The molecule has 2 aliphatic heterocycles. The smallest absolute Gasteiger partial charge is 0.174 e. The Labute approximate surface area is 117 Å². The molecule has 1 saturated heterocycles.